The zero-order valence-corrected chi connectivity index (χ0v) is 24.8. The molecule has 0 aromatic heterocycles. The predicted octanol–water partition coefficient (Wildman–Crippen LogP) is 2.51. The maximum atomic E-state index is 13.4. The second-order valence-electron chi connectivity index (χ2n) is 11.3. The maximum absolute atomic E-state index is 13.4. The average Bonchev–Trinajstić information content (AvgIpc) is 2.76. The van der Waals surface area contributed by atoms with E-state index < -0.39 is 71.0 Å². The molecule has 0 aliphatic heterocycles. The van der Waals surface area contributed by atoms with E-state index in [0.717, 1.165) is 26.3 Å². The summed E-state index contributed by atoms with van der Waals surface area (Å²) in [5, 5.41) is 0. The summed E-state index contributed by atoms with van der Waals surface area (Å²) in [7, 11) is 4.57. The Balaban J connectivity index is 3.24. The number of carbonyl (C=O) groups is 4. The minimum absolute atomic E-state index is 0.122. The third kappa shape index (κ3) is 9.56. The van der Waals surface area contributed by atoms with Crippen molar-refractivity contribution >= 4 is 31.7 Å². The van der Waals surface area contributed by atoms with E-state index in [1.807, 2.05) is 21.7 Å². The van der Waals surface area contributed by atoms with Crippen LogP contribution in [0.25, 0.3) is 0 Å². The van der Waals surface area contributed by atoms with Crippen molar-refractivity contribution in [2.75, 3.05) is 27.4 Å². The van der Waals surface area contributed by atoms with Gasteiger partial charge in [0, 0.05) is 7.11 Å². The Bertz CT molecular complexity index is 812. The van der Waals surface area contributed by atoms with Gasteiger partial charge < -0.3 is 28.4 Å². The third-order valence-corrected chi connectivity index (χ3v) is 6.66. The van der Waals surface area contributed by atoms with E-state index in [1.54, 1.807) is 27.7 Å². The van der Waals surface area contributed by atoms with Gasteiger partial charge in [0.2, 0.25) is 0 Å². The van der Waals surface area contributed by atoms with Crippen LogP contribution in [0.15, 0.2) is 0 Å². The molecule has 11 heteroatoms. The third-order valence-electron chi connectivity index (χ3n) is 6.66. The minimum atomic E-state index is -1.27. The van der Waals surface area contributed by atoms with Gasteiger partial charge in [-0.25, -0.2) is 0 Å². The topological polar surface area (TPSA) is 124 Å². The molecule has 6 unspecified atom stereocenters. The first-order chi connectivity index (χ1) is 17.6. The molecule has 0 spiro atoms. The molecule has 0 N–H and O–H groups in total. The summed E-state index contributed by atoms with van der Waals surface area (Å²) in [4.78, 5) is 52.7. The molecule has 0 aromatic carbocycles. The number of methoxy groups -OCH3 is 2. The monoisotopic (exact) mass is 542 g/mol. The molecule has 38 heavy (non-hydrogen) atoms. The van der Waals surface area contributed by atoms with E-state index in [0.29, 0.717) is 6.42 Å². The standard InChI is InChI=1S/C27H47BO10/c1-10-11-26(4,5)35-15-17(3)37-24(31)20-18(22(29)34-9)19(23(30)36-16(2)14-33-8)21(20)25(32)38-27(6,7)12-13-28/h16-21H,10-15,28H2,1-9H3. The molecule has 1 fully saturated rings. The quantitative estimate of drug-likeness (QED) is 0.163. The van der Waals surface area contributed by atoms with Crippen LogP contribution in [0, 0.1) is 23.7 Å². The SMILES string of the molecule is BCCC(C)(C)OC(=O)C1C(C(=O)OC(C)COC)C(C(=O)OC)C1C(=O)OC(C)COC(C)(C)CCC. The summed E-state index contributed by atoms with van der Waals surface area (Å²) in [5.74, 6) is -8.23. The molecule has 6 atom stereocenters. The van der Waals surface area contributed by atoms with E-state index in [-0.39, 0.29) is 13.2 Å². The highest BCUT2D eigenvalue weighted by Gasteiger charge is 2.66. The number of hydrogen-bond donors (Lipinski definition) is 0. The Morgan fingerprint density at radius 2 is 1.21 bits per heavy atom. The Morgan fingerprint density at radius 1 is 0.737 bits per heavy atom. The average molecular weight is 542 g/mol. The first-order valence-corrected chi connectivity index (χ1v) is 13.5. The van der Waals surface area contributed by atoms with Crippen molar-refractivity contribution in [1.29, 1.82) is 0 Å². The zero-order chi connectivity index (χ0) is 29.3. The second-order valence-corrected chi connectivity index (χ2v) is 11.3. The molecular weight excluding hydrogens is 495 g/mol. The van der Waals surface area contributed by atoms with Crippen LogP contribution in [0.1, 0.15) is 67.7 Å². The first-order valence-electron chi connectivity index (χ1n) is 13.5. The Kier molecular flexibility index (Phi) is 13.3. The smallest absolute Gasteiger partial charge is 0.311 e. The number of rotatable bonds is 16. The molecule has 1 saturated carbocycles. The van der Waals surface area contributed by atoms with Crippen molar-refractivity contribution in [1.82, 2.24) is 0 Å². The van der Waals surface area contributed by atoms with Crippen molar-refractivity contribution < 1.29 is 47.6 Å². The molecule has 0 amide bonds. The lowest BCUT2D eigenvalue weighted by atomic mass is 9.56. The molecule has 218 valence electrons. The molecule has 1 aliphatic carbocycles. The number of carbonyl (C=O) groups excluding carboxylic acids is 4. The molecule has 0 heterocycles. The summed E-state index contributed by atoms with van der Waals surface area (Å²) >= 11 is 0. The highest BCUT2D eigenvalue weighted by Crippen LogP contribution is 2.50. The highest BCUT2D eigenvalue weighted by atomic mass is 16.6. The summed E-state index contributed by atoms with van der Waals surface area (Å²) in [5.41, 5.74) is -1.23. The van der Waals surface area contributed by atoms with Crippen LogP contribution in [0.3, 0.4) is 0 Å². The van der Waals surface area contributed by atoms with Gasteiger partial charge in [0.25, 0.3) is 0 Å². The fourth-order valence-corrected chi connectivity index (χ4v) is 4.92. The van der Waals surface area contributed by atoms with Crippen LogP contribution in [-0.2, 0) is 47.6 Å². The van der Waals surface area contributed by atoms with E-state index in [4.69, 9.17) is 28.4 Å². The number of hydrogen-bond acceptors (Lipinski definition) is 10. The summed E-state index contributed by atoms with van der Waals surface area (Å²) in [6.45, 7) is 13.0. The summed E-state index contributed by atoms with van der Waals surface area (Å²) in [6, 6.07) is 0. The molecule has 0 saturated heterocycles. The van der Waals surface area contributed by atoms with Crippen molar-refractivity contribution in [3.05, 3.63) is 0 Å². The zero-order valence-electron chi connectivity index (χ0n) is 24.8. The van der Waals surface area contributed by atoms with Crippen LogP contribution in [-0.4, -0.2) is 82.6 Å². The van der Waals surface area contributed by atoms with Crippen LogP contribution < -0.4 is 0 Å². The van der Waals surface area contributed by atoms with Gasteiger partial charge in [0.15, 0.2) is 0 Å². The van der Waals surface area contributed by atoms with Crippen molar-refractivity contribution in [3.63, 3.8) is 0 Å². The predicted molar refractivity (Wildman–Crippen MR) is 142 cm³/mol. The van der Waals surface area contributed by atoms with E-state index >= 15 is 0 Å². The fourth-order valence-electron chi connectivity index (χ4n) is 4.92. The van der Waals surface area contributed by atoms with Gasteiger partial charge in [-0.05, 0) is 54.4 Å². The molecule has 0 bridgehead atoms. The summed E-state index contributed by atoms with van der Waals surface area (Å²) in [6.07, 6.45) is 1.80. The fraction of sp³-hybridized carbons (Fsp3) is 0.852. The lowest BCUT2D eigenvalue weighted by Gasteiger charge is -2.46. The van der Waals surface area contributed by atoms with Crippen LogP contribution in [0.4, 0.5) is 0 Å². The molecular formula is C27H47BO10. The van der Waals surface area contributed by atoms with E-state index in [9.17, 15) is 19.2 Å². The summed E-state index contributed by atoms with van der Waals surface area (Å²) < 4.78 is 32.6. The Morgan fingerprint density at radius 3 is 1.66 bits per heavy atom. The molecule has 1 aliphatic rings. The number of esters is 4. The lowest BCUT2D eigenvalue weighted by molar-refractivity contribution is -0.208. The first kappa shape index (κ1) is 33.9. The second kappa shape index (κ2) is 14.9. The van der Waals surface area contributed by atoms with Crippen molar-refractivity contribution in [3.8, 4) is 0 Å². The molecule has 0 radical (unpaired) electrons. The van der Waals surface area contributed by atoms with Gasteiger partial charge in [0.1, 0.15) is 25.7 Å². The van der Waals surface area contributed by atoms with E-state index in [1.165, 1.54) is 7.11 Å². The van der Waals surface area contributed by atoms with Crippen molar-refractivity contribution in [2.24, 2.45) is 23.7 Å². The van der Waals surface area contributed by atoms with Gasteiger partial charge >= 0.3 is 23.9 Å². The lowest BCUT2D eigenvalue weighted by Crippen LogP contribution is -2.62. The van der Waals surface area contributed by atoms with Gasteiger partial charge in [-0.15, -0.1) is 0 Å². The van der Waals surface area contributed by atoms with E-state index in [2.05, 4.69) is 6.92 Å². The van der Waals surface area contributed by atoms with Crippen LogP contribution in [0.2, 0.25) is 6.32 Å². The number of ether oxygens (including phenoxy) is 6. The highest BCUT2D eigenvalue weighted by molar-refractivity contribution is 6.08. The Hall–Kier alpha value is -2.14. The molecule has 1 rings (SSSR count). The van der Waals surface area contributed by atoms with Gasteiger partial charge in [-0.2, -0.15) is 0 Å². The molecule has 0 aromatic rings. The minimum Gasteiger partial charge on any atom is -0.469 e. The van der Waals surface area contributed by atoms with Gasteiger partial charge in [-0.1, -0.05) is 19.7 Å². The largest absolute Gasteiger partial charge is 0.469 e. The Labute approximate surface area is 228 Å². The van der Waals surface area contributed by atoms with Crippen LogP contribution >= 0.6 is 0 Å². The van der Waals surface area contributed by atoms with Crippen molar-refractivity contribution in [2.45, 2.75) is 97.5 Å². The van der Waals surface area contributed by atoms with Gasteiger partial charge in [0.05, 0.1) is 49.6 Å². The normalized spacial score (nSPS) is 23.0. The maximum Gasteiger partial charge on any atom is 0.311 e. The van der Waals surface area contributed by atoms with Gasteiger partial charge in [-0.3, -0.25) is 19.2 Å². The molecule has 10 nitrogen and oxygen atoms in total. The van der Waals surface area contributed by atoms with Crippen LogP contribution in [0.5, 0.6) is 0 Å².